The van der Waals surface area contributed by atoms with Crippen molar-refractivity contribution in [3.63, 3.8) is 0 Å². The largest absolute Gasteiger partial charge is 0.399 e. The van der Waals surface area contributed by atoms with E-state index in [1.54, 1.807) is 12.1 Å². The number of likely N-dealkylation sites (tertiary alicyclic amines) is 1. The van der Waals surface area contributed by atoms with Crippen LogP contribution < -0.4 is 16.0 Å². The fraction of sp³-hybridized carbons (Fsp3) is 0.412. The van der Waals surface area contributed by atoms with Crippen LogP contribution in [0.25, 0.3) is 0 Å². The number of nitrogens with zero attached hydrogens (tertiary/aromatic N) is 2. The number of benzene rings is 1. The number of carbonyl (C=O) groups excluding carboxylic acids is 4. The molecule has 0 aromatic heterocycles. The third-order valence-electron chi connectivity index (χ3n) is 5.20. The van der Waals surface area contributed by atoms with Crippen LogP contribution >= 0.6 is 0 Å². The lowest BCUT2D eigenvalue weighted by Gasteiger charge is -2.47. The molecule has 25 heavy (non-hydrogen) atoms. The maximum Gasteiger partial charge on any atom is 0.249 e. The van der Waals surface area contributed by atoms with Crippen molar-refractivity contribution < 1.29 is 19.2 Å². The zero-order chi connectivity index (χ0) is 17.8. The van der Waals surface area contributed by atoms with Gasteiger partial charge in [-0.25, -0.2) is 0 Å². The van der Waals surface area contributed by atoms with Crippen LogP contribution in [0.5, 0.6) is 0 Å². The monoisotopic (exact) mass is 342 g/mol. The van der Waals surface area contributed by atoms with Gasteiger partial charge in [0.1, 0.15) is 6.04 Å². The smallest absolute Gasteiger partial charge is 0.249 e. The summed E-state index contributed by atoms with van der Waals surface area (Å²) < 4.78 is 0. The number of nitrogen functional groups attached to an aromatic ring is 1. The van der Waals surface area contributed by atoms with E-state index >= 15 is 0 Å². The van der Waals surface area contributed by atoms with Gasteiger partial charge in [-0.2, -0.15) is 0 Å². The lowest BCUT2D eigenvalue weighted by Crippen LogP contribution is -2.62. The topological polar surface area (TPSA) is 113 Å². The van der Waals surface area contributed by atoms with Gasteiger partial charge in [-0.05, 0) is 30.7 Å². The van der Waals surface area contributed by atoms with Crippen LogP contribution in [0, 0.1) is 5.41 Å². The molecule has 1 atom stereocenters. The Morgan fingerprint density at radius 1 is 1.08 bits per heavy atom. The van der Waals surface area contributed by atoms with Gasteiger partial charge in [0.25, 0.3) is 0 Å². The highest BCUT2D eigenvalue weighted by atomic mass is 16.2. The highest BCUT2D eigenvalue weighted by Crippen LogP contribution is 2.44. The average molecular weight is 342 g/mol. The molecule has 0 saturated carbocycles. The lowest BCUT2D eigenvalue weighted by atomic mass is 9.77. The van der Waals surface area contributed by atoms with E-state index in [4.69, 9.17) is 5.73 Å². The molecular formula is C17H18N4O4. The van der Waals surface area contributed by atoms with Gasteiger partial charge in [0, 0.05) is 37.3 Å². The fourth-order valence-electron chi connectivity index (χ4n) is 3.86. The zero-order valence-corrected chi connectivity index (χ0v) is 13.5. The molecule has 3 N–H and O–H groups in total. The quantitative estimate of drug-likeness (QED) is 0.561. The number of hydrogen-bond acceptors (Lipinski definition) is 6. The number of nitrogens with one attached hydrogen (secondary N) is 1. The summed E-state index contributed by atoms with van der Waals surface area (Å²) >= 11 is 0. The molecule has 3 saturated heterocycles. The third-order valence-corrected chi connectivity index (χ3v) is 5.20. The highest BCUT2D eigenvalue weighted by molar-refractivity contribution is 6.12. The Morgan fingerprint density at radius 2 is 1.76 bits per heavy atom. The molecule has 8 heteroatoms. The molecule has 3 aliphatic heterocycles. The number of piperidine rings is 1. The van der Waals surface area contributed by atoms with E-state index in [0.29, 0.717) is 18.8 Å². The first-order chi connectivity index (χ1) is 11.9. The number of anilines is 2. The molecule has 3 heterocycles. The van der Waals surface area contributed by atoms with Crippen molar-refractivity contribution in [2.45, 2.75) is 25.3 Å². The number of carbonyl (C=O) groups is 4. The van der Waals surface area contributed by atoms with Crippen LogP contribution in [0.3, 0.4) is 0 Å². The average Bonchev–Trinajstić information content (AvgIpc) is 2.79. The number of amides is 4. The summed E-state index contributed by atoms with van der Waals surface area (Å²) in [4.78, 5) is 51.7. The predicted molar refractivity (Wildman–Crippen MR) is 88.1 cm³/mol. The maximum absolute atomic E-state index is 12.9. The van der Waals surface area contributed by atoms with Crippen molar-refractivity contribution in [1.29, 1.82) is 0 Å². The number of rotatable bonds is 2. The molecule has 0 aliphatic carbocycles. The molecular weight excluding hydrogens is 324 g/mol. The van der Waals surface area contributed by atoms with Gasteiger partial charge in [0.2, 0.25) is 23.6 Å². The molecule has 0 bridgehead atoms. The van der Waals surface area contributed by atoms with Gasteiger partial charge in [0.05, 0.1) is 5.41 Å². The Balaban J connectivity index is 1.50. The molecule has 130 valence electrons. The molecule has 1 unspecified atom stereocenters. The van der Waals surface area contributed by atoms with E-state index in [-0.39, 0.29) is 37.0 Å². The van der Waals surface area contributed by atoms with E-state index in [0.717, 1.165) is 10.6 Å². The van der Waals surface area contributed by atoms with Gasteiger partial charge >= 0.3 is 0 Å². The molecule has 3 fully saturated rings. The fourth-order valence-corrected chi connectivity index (χ4v) is 3.86. The lowest BCUT2D eigenvalue weighted by molar-refractivity contribution is -0.152. The maximum atomic E-state index is 12.9. The minimum absolute atomic E-state index is 0.106. The standard InChI is InChI=1S/C17H18N4O4/c18-10-1-3-11(4-2-10)20-8-17(9-20)7-14(23)21(16(17)25)12-5-6-13(22)19-15(12)24/h1-4,12H,5-9,18H2,(H,19,22,24). The predicted octanol–water partition coefficient (Wildman–Crippen LogP) is -0.361. The van der Waals surface area contributed by atoms with Crippen molar-refractivity contribution in [2.24, 2.45) is 5.41 Å². The second-order valence-electron chi connectivity index (χ2n) is 6.94. The van der Waals surface area contributed by atoms with Crippen LogP contribution in [0.2, 0.25) is 0 Å². The Morgan fingerprint density at radius 3 is 2.40 bits per heavy atom. The van der Waals surface area contributed by atoms with Gasteiger partial charge in [-0.1, -0.05) is 0 Å². The third kappa shape index (κ3) is 2.36. The first-order valence-corrected chi connectivity index (χ1v) is 8.20. The highest BCUT2D eigenvalue weighted by Gasteiger charge is 2.60. The summed E-state index contributed by atoms with van der Waals surface area (Å²) in [6.07, 6.45) is 0.437. The van der Waals surface area contributed by atoms with Crippen LogP contribution in [0.15, 0.2) is 24.3 Å². The Hall–Kier alpha value is -2.90. The van der Waals surface area contributed by atoms with E-state index in [1.807, 2.05) is 17.0 Å². The van der Waals surface area contributed by atoms with Crippen molar-refractivity contribution in [1.82, 2.24) is 10.2 Å². The summed E-state index contributed by atoms with van der Waals surface area (Å²) in [6, 6.07) is 6.46. The van der Waals surface area contributed by atoms with Crippen LogP contribution in [0.4, 0.5) is 11.4 Å². The van der Waals surface area contributed by atoms with E-state index in [9.17, 15) is 19.2 Å². The molecule has 1 spiro atoms. The van der Waals surface area contributed by atoms with Crippen molar-refractivity contribution >= 4 is 35.0 Å². The number of imide groups is 2. The SMILES string of the molecule is Nc1ccc(N2CC3(CC(=O)N(C4CCC(=O)NC4=O)C3=O)C2)cc1. The molecule has 3 aliphatic rings. The van der Waals surface area contributed by atoms with Gasteiger partial charge < -0.3 is 10.6 Å². The van der Waals surface area contributed by atoms with Crippen LogP contribution in [-0.2, 0) is 19.2 Å². The second-order valence-corrected chi connectivity index (χ2v) is 6.94. The van der Waals surface area contributed by atoms with Crippen molar-refractivity contribution in [3.05, 3.63) is 24.3 Å². The Bertz CT molecular complexity index is 782. The zero-order valence-electron chi connectivity index (χ0n) is 13.5. The van der Waals surface area contributed by atoms with E-state index in [2.05, 4.69) is 5.32 Å². The second kappa shape index (κ2) is 5.30. The van der Waals surface area contributed by atoms with Gasteiger partial charge in [0.15, 0.2) is 0 Å². The van der Waals surface area contributed by atoms with Gasteiger partial charge in [-0.3, -0.25) is 29.4 Å². The molecule has 4 rings (SSSR count). The minimum Gasteiger partial charge on any atom is -0.399 e. The Labute approximate surface area is 143 Å². The summed E-state index contributed by atoms with van der Waals surface area (Å²) in [5.41, 5.74) is 6.52. The summed E-state index contributed by atoms with van der Waals surface area (Å²) in [6.45, 7) is 0.872. The van der Waals surface area contributed by atoms with Gasteiger partial charge in [-0.15, -0.1) is 0 Å². The molecule has 4 amide bonds. The van der Waals surface area contributed by atoms with Crippen molar-refractivity contribution in [3.8, 4) is 0 Å². The number of nitrogens with two attached hydrogens (primary N) is 1. The molecule has 1 aromatic carbocycles. The Kier molecular flexibility index (Phi) is 3.31. The van der Waals surface area contributed by atoms with Crippen LogP contribution in [-0.4, -0.2) is 47.7 Å². The summed E-state index contributed by atoms with van der Waals surface area (Å²) in [5.74, 6) is -1.58. The molecule has 1 aromatic rings. The van der Waals surface area contributed by atoms with Crippen LogP contribution in [0.1, 0.15) is 19.3 Å². The molecule has 0 radical (unpaired) electrons. The summed E-state index contributed by atoms with van der Waals surface area (Å²) in [5, 5.41) is 2.20. The molecule has 8 nitrogen and oxygen atoms in total. The number of hydrogen-bond donors (Lipinski definition) is 2. The first-order valence-electron chi connectivity index (χ1n) is 8.20. The first kappa shape index (κ1) is 15.6. The van der Waals surface area contributed by atoms with E-state index in [1.165, 1.54) is 0 Å². The minimum atomic E-state index is -0.873. The normalized spacial score (nSPS) is 25.4. The van der Waals surface area contributed by atoms with E-state index < -0.39 is 17.4 Å². The van der Waals surface area contributed by atoms with Crippen molar-refractivity contribution in [2.75, 3.05) is 23.7 Å². The summed E-state index contributed by atoms with van der Waals surface area (Å²) in [7, 11) is 0.